The van der Waals surface area contributed by atoms with Crippen LogP contribution < -0.4 is 15.4 Å². The molecule has 0 radical (unpaired) electrons. The molecule has 0 aliphatic carbocycles. The van der Waals surface area contributed by atoms with Crippen molar-refractivity contribution in [3.63, 3.8) is 0 Å². The number of ether oxygens (including phenoxy) is 1. The Balaban J connectivity index is 1.77. The monoisotopic (exact) mass is 397 g/mol. The number of carbonyl (C=O) groups is 2. The summed E-state index contributed by atoms with van der Waals surface area (Å²) in [6.07, 6.45) is 3.27. The second-order valence-electron chi connectivity index (χ2n) is 7.12. The number of aryl methyl sites for hydroxylation is 1. The van der Waals surface area contributed by atoms with Crippen LogP contribution >= 0.6 is 0 Å². The minimum atomic E-state index is -0.127. The molecule has 6 nitrogen and oxygen atoms in total. The number of unbranched alkanes of at least 4 members (excludes halogenated alkanes) is 1. The van der Waals surface area contributed by atoms with Crippen molar-refractivity contribution in [3.05, 3.63) is 54.1 Å². The van der Waals surface area contributed by atoms with Gasteiger partial charge in [0.1, 0.15) is 5.75 Å². The number of benzene rings is 2. The Labute approximate surface area is 173 Å². The number of nitrogens with zero attached hydrogens (tertiary/aromatic N) is 1. The van der Waals surface area contributed by atoms with E-state index in [2.05, 4.69) is 17.6 Å². The van der Waals surface area contributed by atoms with Crippen molar-refractivity contribution in [1.82, 2.24) is 4.90 Å². The summed E-state index contributed by atoms with van der Waals surface area (Å²) in [6, 6.07) is 15.2. The Morgan fingerprint density at radius 2 is 1.79 bits per heavy atom. The van der Waals surface area contributed by atoms with Crippen molar-refractivity contribution >= 4 is 23.2 Å². The molecule has 0 spiro atoms. The van der Waals surface area contributed by atoms with E-state index in [4.69, 9.17) is 4.74 Å². The second-order valence-corrected chi connectivity index (χ2v) is 7.12. The summed E-state index contributed by atoms with van der Waals surface area (Å²) >= 11 is 0. The topological polar surface area (TPSA) is 70.7 Å². The van der Waals surface area contributed by atoms with E-state index in [0.29, 0.717) is 19.4 Å². The average Bonchev–Trinajstić information content (AvgIpc) is 2.72. The van der Waals surface area contributed by atoms with Crippen LogP contribution in [0.25, 0.3) is 0 Å². The number of anilines is 2. The van der Waals surface area contributed by atoms with Crippen molar-refractivity contribution in [3.8, 4) is 5.75 Å². The van der Waals surface area contributed by atoms with Crippen LogP contribution in [-0.4, -0.2) is 44.0 Å². The Bertz CT molecular complexity index is 788. The van der Waals surface area contributed by atoms with Gasteiger partial charge < -0.3 is 20.3 Å². The fourth-order valence-corrected chi connectivity index (χ4v) is 2.65. The molecule has 0 aromatic heterocycles. The number of nitrogens with one attached hydrogen (secondary N) is 2. The van der Waals surface area contributed by atoms with Crippen LogP contribution in [0, 0.1) is 0 Å². The van der Waals surface area contributed by atoms with Crippen molar-refractivity contribution < 1.29 is 14.3 Å². The Kier molecular flexibility index (Phi) is 9.02. The van der Waals surface area contributed by atoms with Gasteiger partial charge in [0, 0.05) is 38.0 Å². The lowest BCUT2D eigenvalue weighted by molar-refractivity contribution is -0.128. The van der Waals surface area contributed by atoms with Gasteiger partial charge in [-0.15, -0.1) is 0 Å². The molecule has 29 heavy (non-hydrogen) atoms. The van der Waals surface area contributed by atoms with Crippen molar-refractivity contribution in [1.29, 1.82) is 0 Å². The summed E-state index contributed by atoms with van der Waals surface area (Å²) in [7, 11) is 3.51. The van der Waals surface area contributed by atoms with E-state index in [9.17, 15) is 9.59 Å². The molecular formula is C23H31N3O3. The van der Waals surface area contributed by atoms with Gasteiger partial charge in [-0.1, -0.05) is 31.5 Å². The van der Waals surface area contributed by atoms with E-state index < -0.39 is 0 Å². The zero-order valence-corrected chi connectivity index (χ0v) is 17.5. The standard InChI is InChI=1S/C23H31N3O3/c1-4-5-15-29-21-8-6-7-20(16-21)24-17-22(27)25-19-12-9-18(10-13-19)11-14-23(28)26(2)3/h6-10,12-13,16,24H,4-5,11,14-15,17H2,1-3H3,(H,25,27). The van der Waals surface area contributed by atoms with E-state index in [1.165, 1.54) is 0 Å². The predicted molar refractivity (Wildman–Crippen MR) is 117 cm³/mol. The average molecular weight is 398 g/mol. The van der Waals surface area contributed by atoms with Crippen molar-refractivity contribution in [2.75, 3.05) is 37.9 Å². The smallest absolute Gasteiger partial charge is 0.243 e. The molecule has 0 saturated heterocycles. The van der Waals surface area contributed by atoms with Crippen LogP contribution in [0.5, 0.6) is 5.75 Å². The molecule has 0 aliphatic heterocycles. The van der Waals surface area contributed by atoms with Gasteiger partial charge >= 0.3 is 0 Å². The minimum Gasteiger partial charge on any atom is -0.494 e. The molecule has 0 fully saturated rings. The highest BCUT2D eigenvalue weighted by molar-refractivity contribution is 5.93. The van der Waals surface area contributed by atoms with Crippen LogP contribution in [0.2, 0.25) is 0 Å². The Morgan fingerprint density at radius 3 is 2.48 bits per heavy atom. The van der Waals surface area contributed by atoms with Gasteiger partial charge in [0.2, 0.25) is 11.8 Å². The van der Waals surface area contributed by atoms with Crippen LogP contribution in [0.4, 0.5) is 11.4 Å². The maximum absolute atomic E-state index is 12.2. The molecule has 0 bridgehead atoms. The lowest BCUT2D eigenvalue weighted by atomic mass is 10.1. The Morgan fingerprint density at radius 1 is 1.03 bits per heavy atom. The number of carbonyl (C=O) groups excluding carboxylic acids is 2. The third-order valence-corrected chi connectivity index (χ3v) is 4.42. The highest BCUT2D eigenvalue weighted by Gasteiger charge is 2.06. The molecule has 2 amide bonds. The number of hydrogen-bond donors (Lipinski definition) is 2. The first kappa shape index (κ1) is 22.3. The first-order valence-corrected chi connectivity index (χ1v) is 10.0. The number of rotatable bonds is 11. The summed E-state index contributed by atoms with van der Waals surface area (Å²) in [6.45, 7) is 2.98. The maximum Gasteiger partial charge on any atom is 0.243 e. The zero-order valence-electron chi connectivity index (χ0n) is 17.5. The zero-order chi connectivity index (χ0) is 21.1. The minimum absolute atomic E-state index is 0.105. The highest BCUT2D eigenvalue weighted by Crippen LogP contribution is 2.18. The summed E-state index contributed by atoms with van der Waals surface area (Å²) < 4.78 is 5.68. The first-order chi connectivity index (χ1) is 14.0. The molecular weight excluding hydrogens is 366 g/mol. The van der Waals surface area contributed by atoms with Crippen LogP contribution in [0.1, 0.15) is 31.7 Å². The SMILES string of the molecule is CCCCOc1cccc(NCC(=O)Nc2ccc(CCC(=O)N(C)C)cc2)c1. The van der Waals surface area contributed by atoms with Crippen LogP contribution in [0.3, 0.4) is 0 Å². The van der Waals surface area contributed by atoms with E-state index in [1.807, 2.05) is 48.5 Å². The largest absolute Gasteiger partial charge is 0.494 e. The van der Waals surface area contributed by atoms with E-state index in [-0.39, 0.29) is 18.4 Å². The molecule has 0 unspecified atom stereocenters. The van der Waals surface area contributed by atoms with Gasteiger partial charge in [-0.2, -0.15) is 0 Å². The molecule has 156 valence electrons. The van der Waals surface area contributed by atoms with Gasteiger partial charge in [-0.25, -0.2) is 0 Å². The van der Waals surface area contributed by atoms with Crippen molar-refractivity contribution in [2.45, 2.75) is 32.6 Å². The molecule has 2 aromatic rings. The van der Waals surface area contributed by atoms with Crippen LogP contribution in [-0.2, 0) is 16.0 Å². The van der Waals surface area contributed by atoms with Gasteiger partial charge in [0.15, 0.2) is 0 Å². The lowest BCUT2D eigenvalue weighted by Crippen LogP contribution is -2.22. The van der Waals surface area contributed by atoms with E-state index >= 15 is 0 Å². The van der Waals surface area contributed by atoms with Gasteiger partial charge in [-0.3, -0.25) is 9.59 Å². The van der Waals surface area contributed by atoms with Gasteiger partial charge in [0.25, 0.3) is 0 Å². The normalized spacial score (nSPS) is 10.3. The van der Waals surface area contributed by atoms with Gasteiger partial charge in [0.05, 0.1) is 13.2 Å². The lowest BCUT2D eigenvalue weighted by Gasteiger charge is -2.11. The number of amides is 2. The van der Waals surface area contributed by atoms with Gasteiger partial charge in [-0.05, 0) is 42.7 Å². The summed E-state index contributed by atoms with van der Waals surface area (Å²) in [5.41, 5.74) is 2.64. The molecule has 0 saturated carbocycles. The third kappa shape index (κ3) is 8.25. The first-order valence-electron chi connectivity index (χ1n) is 10.0. The Hall–Kier alpha value is -3.02. The maximum atomic E-state index is 12.2. The molecule has 0 heterocycles. The third-order valence-electron chi connectivity index (χ3n) is 4.42. The summed E-state index contributed by atoms with van der Waals surface area (Å²) in [5.74, 6) is 0.776. The highest BCUT2D eigenvalue weighted by atomic mass is 16.5. The second kappa shape index (κ2) is 11.7. The molecule has 0 aliphatic rings. The number of hydrogen-bond acceptors (Lipinski definition) is 4. The predicted octanol–water partition coefficient (Wildman–Crippen LogP) is 3.94. The van der Waals surface area contributed by atoms with Crippen molar-refractivity contribution in [2.24, 2.45) is 0 Å². The molecule has 2 rings (SSSR count). The fourth-order valence-electron chi connectivity index (χ4n) is 2.65. The van der Waals surface area contributed by atoms with E-state index in [0.717, 1.165) is 35.5 Å². The summed E-state index contributed by atoms with van der Waals surface area (Å²) in [4.78, 5) is 25.5. The van der Waals surface area contributed by atoms with Crippen LogP contribution in [0.15, 0.2) is 48.5 Å². The quantitative estimate of drug-likeness (QED) is 0.564. The van der Waals surface area contributed by atoms with E-state index in [1.54, 1.807) is 19.0 Å². The molecule has 6 heteroatoms. The fraction of sp³-hybridized carbons (Fsp3) is 0.391. The molecule has 2 aromatic carbocycles. The molecule has 2 N–H and O–H groups in total. The summed E-state index contributed by atoms with van der Waals surface area (Å²) in [5, 5.41) is 5.99. The molecule has 0 atom stereocenters.